The van der Waals surface area contributed by atoms with Crippen LogP contribution < -0.4 is 0 Å². The molecule has 114 valence electrons. The maximum atomic E-state index is 5.60. The summed E-state index contributed by atoms with van der Waals surface area (Å²) in [6, 6.07) is 0. The van der Waals surface area contributed by atoms with Crippen molar-refractivity contribution in [3.8, 4) is 0 Å². The highest BCUT2D eigenvalue weighted by Crippen LogP contribution is 2.24. The zero-order valence-electron chi connectivity index (χ0n) is 13.9. The predicted octanol–water partition coefficient (Wildman–Crippen LogP) is 4.90. The second-order valence-electron chi connectivity index (χ2n) is 6.79. The lowest BCUT2D eigenvalue weighted by Crippen LogP contribution is -2.31. The summed E-state index contributed by atoms with van der Waals surface area (Å²) >= 11 is 0. The molecule has 0 radical (unpaired) electrons. The standard InChI is InChI=1S/C18H31NO/c1-16(9-10-17(2)18(3,4)5)11-14-20-15-19-12-7-6-8-13-19/h9-11,14H,6-8,12-13,15H2,1-5H3/b14-11+,16-9-,17-10+. The second-order valence-corrected chi connectivity index (χ2v) is 6.79. The number of hydrogen-bond acceptors (Lipinski definition) is 2. The summed E-state index contributed by atoms with van der Waals surface area (Å²) in [7, 11) is 0. The van der Waals surface area contributed by atoms with Crippen LogP contribution in [0.1, 0.15) is 53.9 Å². The van der Waals surface area contributed by atoms with Crippen molar-refractivity contribution >= 4 is 0 Å². The van der Waals surface area contributed by atoms with Crippen LogP contribution in [0.15, 0.2) is 35.6 Å². The maximum Gasteiger partial charge on any atom is 0.141 e. The fraction of sp³-hybridized carbons (Fsp3) is 0.667. The Bertz CT molecular complexity index is 365. The average Bonchev–Trinajstić information content (AvgIpc) is 2.41. The van der Waals surface area contributed by atoms with Gasteiger partial charge in [-0.1, -0.05) is 44.9 Å². The van der Waals surface area contributed by atoms with Crippen molar-refractivity contribution in [3.05, 3.63) is 35.6 Å². The van der Waals surface area contributed by atoms with E-state index in [-0.39, 0.29) is 5.41 Å². The summed E-state index contributed by atoms with van der Waals surface area (Å²) in [5.74, 6) is 0. The smallest absolute Gasteiger partial charge is 0.141 e. The van der Waals surface area contributed by atoms with Gasteiger partial charge < -0.3 is 4.74 Å². The fourth-order valence-electron chi connectivity index (χ4n) is 1.95. The number of nitrogens with zero attached hydrogens (tertiary/aromatic N) is 1. The minimum Gasteiger partial charge on any atom is -0.486 e. The fourth-order valence-corrected chi connectivity index (χ4v) is 1.95. The van der Waals surface area contributed by atoms with Gasteiger partial charge in [-0.2, -0.15) is 0 Å². The normalized spacial score (nSPS) is 19.6. The van der Waals surface area contributed by atoms with E-state index in [1.54, 1.807) is 0 Å². The van der Waals surface area contributed by atoms with Crippen LogP contribution in [0.4, 0.5) is 0 Å². The molecule has 1 aliphatic heterocycles. The van der Waals surface area contributed by atoms with E-state index in [9.17, 15) is 0 Å². The molecule has 0 N–H and O–H groups in total. The lowest BCUT2D eigenvalue weighted by atomic mass is 9.87. The highest BCUT2D eigenvalue weighted by molar-refractivity contribution is 5.24. The van der Waals surface area contributed by atoms with Gasteiger partial charge in [-0.05, 0) is 43.8 Å². The van der Waals surface area contributed by atoms with Gasteiger partial charge in [0, 0.05) is 13.1 Å². The maximum absolute atomic E-state index is 5.60. The molecule has 0 aromatic carbocycles. The van der Waals surface area contributed by atoms with E-state index >= 15 is 0 Å². The molecule has 2 heteroatoms. The monoisotopic (exact) mass is 277 g/mol. The molecule has 2 nitrogen and oxygen atoms in total. The average molecular weight is 277 g/mol. The van der Waals surface area contributed by atoms with Crippen LogP contribution in [0, 0.1) is 5.41 Å². The van der Waals surface area contributed by atoms with Crippen molar-refractivity contribution in [1.82, 2.24) is 4.90 Å². The molecule has 1 fully saturated rings. The third kappa shape index (κ3) is 6.95. The third-order valence-corrected chi connectivity index (χ3v) is 3.91. The number of rotatable bonds is 5. The van der Waals surface area contributed by atoms with E-state index in [1.165, 1.54) is 43.5 Å². The Hall–Kier alpha value is -1.02. The highest BCUT2D eigenvalue weighted by Gasteiger charge is 2.11. The molecule has 1 aliphatic rings. The van der Waals surface area contributed by atoms with Gasteiger partial charge in [0.05, 0.1) is 6.26 Å². The predicted molar refractivity (Wildman–Crippen MR) is 87.5 cm³/mol. The molecule has 0 aliphatic carbocycles. The van der Waals surface area contributed by atoms with Crippen LogP contribution in [0.25, 0.3) is 0 Å². The highest BCUT2D eigenvalue weighted by atomic mass is 16.5. The number of likely N-dealkylation sites (tertiary alicyclic amines) is 1. The van der Waals surface area contributed by atoms with Crippen molar-refractivity contribution in [2.24, 2.45) is 5.41 Å². The van der Waals surface area contributed by atoms with Gasteiger partial charge >= 0.3 is 0 Å². The van der Waals surface area contributed by atoms with E-state index in [0.29, 0.717) is 0 Å². The SMILES string of the molecule is CC(=C/C=C(\C)C(C)(C)C)/C=C/OCN1CCCCC1. The minimum atomic E-state index is 0.241. The molecule has 1 heterocycles. The first-order chi connectivity index (χ1) is 9.39. The molecular weight excluding hydrogens is 246 g/mol. The lowest BCUT2D eigenvalue weighted by molar-refractivity contribution is 0.0750. The van der Waals surface area contributed by atoms with E-state index in [1.807, 2.05) is 12.3 Å². The molecule has 0 aromatic rings. The first-order valence-corrected chi connectivity index (χ1v) is 7.76. The summed E-state index contributed by atoms with van der Waals surface area (Å²) in [5, 5.41) is 0. The Kier molecular flexibility index (Phi) is 7.08. The molecule has 0 atom stereocenters. The Morgan fingerprint density at radius 1 is 1.05 bits per heavy atom. The van der Waals surface area contributed by atoms with Crippen LogP contribution in [-0.4, -0.2) is 24.7 Å². The third-order valence-electron chi connectivity index (χ3n) is 3.91. The Morgan fingerprint density at radius 3 is 2.30 bits per heavy atom. The Morgan fingerprint density at radius 2 is 1.70 bits per heavy atom. The van der Waals surface area contributed by atoms with Crippen LogP contribution >= 0.6 is 0 Å². The zero-order chi connectivity index (χ0) is 15.0. The second kappa shape index (κ2) is 8.31. The van der Waals surface area contributed by atoms with E-state index < -0.39 is 0 Å². The summed E-state index contributed by atoms with van der Waals surface area (Å²) in [4.78, 5) is 2.37. The molecule has 0 bridgehead atoms. The van der Waals surface area contributed by atoms with Gasteiger partial charge in [-0.3, -0.25) is 4.90 Å². The van der Waals surface area contributed by atoms with Crippen LogP contribution in [-0.2, 0) is 4.74 Å². The largest absolute Gasteiger partial charge is 0.486 e. The molecule has 0 aromatic heterocycles. The molecule has 0 spiro atoms. The van der Waals surface area contributed by atoms with E-state index in [2.05, 4.69) is 51.7 Å². The van der Waals surface area contributed by atoms with Crippen molar-refractivity contribution in [3.63, 3.8) is 0 Å². The molecule has 1 saturated heterocycles. The van der Waals surface area contributed by atoms with Crippen molar-refractivity contribution < 1.29 is 4.74 Å². The van der Waals surface area contributed by atoms with Crippen molar-refractivity contribution in [1.29, 1.82) is 0 Å². The van der Waals surface area contributed by atoms with Gasteiger partial charge in [0.2, 0.25) is 0 Å². The Balaban J connectivity index is 2.33. The van der Waals surface area contributed by atoms with Crippen LogP contribution in [0.3, 0.4) is 0 Å². The number of piperidine rings is 1. The van der Waals surface area contributed by atoms with Gasteiger partial charge in [-0.15, -0.1) is 0 Å². The summed E-state index contributed by atoms with van der Waals surface area (Å²) < 4.78 is 5.60. The topological polar surface area (TPSA) is 12.5 Å². The summed E-state index contributed by atoms with van der Waals surface area (Å²) in [6.07, 6.45) is 12.2. The van der Waals surface area contributed by atoms with Gasteiger partial charge in [-0.25, -0.2) is 0 Å². The van der Waals surface area contributed by atoms with Crippen LogP contribution in [0.2, 0.25) is 0 Å². The van der Waals surface area contributed by atoms with Crippen molar-refractivity contribution in [2.75, 3.05) is 19.8 Å². The molecule has 1 rings (SSSR count). The lowest BCUT2D eigenvalue weighted by Gasteiger charge is -2.25. The summed E-state index contributed by atoms with van der Waals surface area (Å²) in [5.41, 5.74) is 2.84. The summed E-state index contributed by atoms with van der Waals surface area (Å²) in [6.45, 7) is 14.1. The van der Waals surface area contributed by atoms with Crippen molar-refractivity contribution in [2.45, 2.75) is 53.9 Å². The zero-order valence-corrected chi connectivity index (χ0v) is 13.9. The number of hydrogen-bond donors (Lipinski definition) is 0. The number of allylic oxidation sites excluding steroid dienone is 5. The molecule has 20 heavy (non-hydrogen) atoms. The Labute approximate surface area is 125 Å². The van der Waals surface area contributed by atoms with E-state index in [4.69, 9.17) is 4.74 Å². The first-order valence-electron chi connectivity index (χ1n) is 7.76. The first kappa shape index (κ1) is 17.0. The molecule has 0 saturated carbocycles. The van der Waals surface area contributed by atoms with Gasteiger partial charge in [0.25, 0.3) is 0 Å². The number of ether oxygens (including phenoxy) is 1. The molecule has 0 amide bonds. The van der Waals surface area contributed by atoms with E-state index in [0.717, 1.165) is 6.73 Å². The van der Waals surface area contributed by atoms with Gasteiger partial charge in [0.15, 0.2) is 0 Å². The molecule has 0 unspecified atom stereocenters. The quantitative estimate of drug-likeness (QED) is 0.523. The van der Waals surface area contributed by atoms with Gasteiger partial charge in [0.1, 0.15) is 6.73 Å². The molecular formula is C18H31NO. The van der Waals surface area contributed by atoms with Crippen LogP contribution in [0.5, 0.6) is 0 Å². The minimum absolute atomic E-state index is 0.241.